The van der Waals surface area contributed by atoms with Gasteiger partial charge >= 0.3 is 0 Å². The lowest BCUT2D eigenvalue weighted by atomic mass is 10.0. The second kappa shape index (κ2) is 5.31. The zero-order valence-corrected chi connectivity index (χ0v) is 7.64. The molecule has 1 N–H and O–H groups in total. The molecular formula is C10H18NO. The monoisotopic (exact) mass is 168 g/mol. The lowest BCUT2D eigenvalue weighted by Gasteiger charge is -2.07. The molecule has 2 nitrogen and oxygen atoms in total. The predicted octanol–water partition coefficient (Wildman–Crippen LogP) is 1.70. The van der Waals surface area contributed by atoms with E-state index in [1.54, 1.807) is 0 Å². The Labute approximate surface area is 74.7 Å². The van der Waals surface area contributed by atoms with Crippen molar-refractivity contribution in [3.8, 4) is 0 Å². The summed E-state index contributed by atoms with van der Waals surface area (Å²) in [5.41, 5.74) is 0. The minimum absolute atomic E-state index is 0.176. The van der Waals surface area contributed by atoms with Crippen LogP contribution in [0.1, 0.15) is 38.5 Å². The van der Waals surface area contributed by atoms with Crippen molar-refractivity contribution in [1.29, 1.82) is 0 Å². The minimum Gasteiger partial charge on any atom is -0.307 e. The van der Waals surface area contributed by atoms with Gasteiger partial charge in [-0.3, -0.25) is 4.79 Å². The molecule has 0 aromatic carbocycles. The summed E-state index contributed by atoms with van der Waals surface area (Å²) in [5, 5.41) is 3.22. The maximum absolute atomic E-state index is 11.4. The topological polar surface area (TPSA) is 29.1 Å². The molecule has 1 heterocycles. The molecule has 12 heavy (non-hydrogen) atoms. The fourth-order valence-corrected chi connectivity index (χ4v) is 1.61. The number of carbonyl (C=O) groups is 1. The summed E-state index contributed by atoms with van der Waals surface area (Å²) in [5.74, 6) is 0.404. The number of rotatable bonds is 5. The lowest BCUT2D eigenvalue weighted by Crippen LogP contribution is -2.30. The third-order valence-corrected chi connectivity index (χ3v) is 2.37. The Kier molecular flexibility index (Phi) is 4.30. The number of carbonyl (C=O) groups excluding carboxylic acids is 1. The molecule has 0 aromatic heterocycles. The zero-order valence-electron chi connectivity index (χ0n) is 7.64. The number of hydrogen-bond donors (Lipinski definition) is 1. The van der Waals surface area contributed by atoms with Crippen molar-refractivity contribution in [2.45, 2.75) is 44.6 Å². The van der Waals surface area contributed by atoms with E-state index in [1.807, 2.05) is 0 Å². The molecule has 1 fully saturated rings. The van der Waals surface area contributed by atoms with E-state index in [0.29, 0.717) is 5.78 Å². The van der Waals surface area contributed by atoms with Crippen LogP contribution in [-0.2, 0) is 4.79 Å². The molecule has 0 aliphatic carbocycles. The normalized spacial score (nSPS) is 22.9. The van der Waals surface area contributed by atoms with Gasteiger partial charge in [0.2, 0.25) is 0 Å². The van der Waals surface area contributed by atoms with Gasteiger partial charge in [0.15, 0.2) is 0 Å². The molecule has 0 saturated carbocycles. The van der Waals surface area contributed by atoms with Crippen molar-refractivity contribution in [2.75, 3.05) is 6.54 Å². The second-order valence-corrected chi connectivity index (χ2v) is 3.43. The van der Waals surface area contributed by atoms with Crippen LogP contribution in [-0.4, -0.2) is 18.4 Å². The van der Waals surface area contributed by atoms with Crippen LogP contribution in [0.3, 0.4) is 0 Å². The van der Waals surface area contributed by atoms with Crippen LogP contribution in [0, 0.1) is 6.92 Å². The summed E-state index contributed by atoms with van der Waals surface area (Å²) in [6.45, 7) is 4.77. The van der Waals surface area contributed by atoms with Crippen LogP contribution in [0.2, 0.25) is 0 Å². The predicted molar refractivity (Wildman–Crippen MR) is 49.9 cm³/mol. The van der Waals surface area contributed by atoms with Gasteiger partial charge in [-0.2, -0.15) is 0 Å². The molecule has 1 aliphatic rings. The quantitative estimate of drug-likeness (QED) is 0.633. The third kappa shape index (κ3) is 2.94. The van der Waals surface area contributed by atoms with Gasteiger partial charge in [-0.15, -0.1) is 0 Å². The molecule has 1 unspecified atom stereocenters. The Morgan fingerprint density at radius 3 is 2.92 bits per heavy atom. The molecule has 0 spiro atoms. The van der Waals surface area contributed by atoms with Gasteiger partial charge in [-0.25, -0.2) is 0 Å². The Bertz CT molecular complexity index is 139. The Morgan fingerprint density at radius 1 is 1.50 bits per heavy atom. The highest BCUT2D eigenvalue weighted by molar-refractivity contribution is 5.84. The van der Waals surface area contributed by atoms with Crippen molar-refractivity contribution >= 4 is 5.78 Å². The first-order chi connectivity index (χ1) is 5.84. The number of ketones is 1. The first kappa shape index (κ1) is 9.72. The molecule has 0 bridgehead atoms. The molecule has 1 saturated heterocycles. The molecule has 1 atom stereocenters. The fraction of sp³-hybridized carbons (Fsp3) is 0.800. The van der Waals surface area contributed by atoms with Crippen LogP contribution in [0.4, 0.5) is 0 Å². The second-order valence-electron chi connectivity index (χ2n) is 3.43. The van der Waals surface area contributed by atoms with Gasteiger partial charge in [-0.1, -0.05) is 19.8 Å². The molecular weight excluding hydrogens is 150 g/mol. The fourth-order valence-electron chi connectivity index (χ4n) is 1.61. The number of hydrogen-bond acceptors (Lipinski definition) is 2. The summed E-state index contributed by atoms with van der Waals surface area (Å²) in [6.07, 6.45) is 5.99. The standard InChI is InChI=1S/C10H18NO/c1-2-3-4-7-10(12)9-6-5-8-11-9/h9,11H,1-8H2. The van der Waals surface area contributed by atoms with Gasteiger partial charge in [0.05, 0.1) is 6.04 Å². The Hall–Kier alpha value is -0.370. The number of Topliss-reactive ketones (excluding diaryl/α,β-unsaturated/α-hetero) is 1. The summed E-state index contributed by atoms with van der Waals surface area (Å²) >= 11 is 0. The summed E-state index contributed by atoms with van der Waals surface area (Å²) in [4.78, 5) is 11.4. The van der Waals surface area contributed by atoms with Gasteiger partial charge in [-0.05, 0) is 25.8 Å². The average molecular weight is 168 g/mol. The van der Waals surface area contributed by atoms with Crippen LogP contribution < -0.4 is 5.32 Å². The highest BCUT2D eigenvalue weighted by Gasteiger charge is 2.20. The molecule has 0 amide bonds. The zero-order chi connectivity index (χ0) is 8.81. The molecule has 2 heteroatoms. The molecule has 69 valence electrons. The highest BCUT2D eigenvalue weighted by atomic mass is 16.1. The van der Waals surface area contributed by atoms with Crippen LogP contribution in [0.25, 0.3) is 0 Å². The molecule has 1 aliphatic heterocycles. The van der Waals surface area contributed by atoms with Crippen molar-refractivity contribution < 1.29 is 4.79 Å². The van der Waals surface area contributed by atoms with E-state index in [-0.39, 0.29) is 6.04 Å². The summed E-state index contributed by atoms with van der Waals surface area (Å²) < 4.78 is 0. The van der Waals surface area contributed by atoms with Crippen LogP contribution in [0.15, 0.2) is 0 Å². The van der Waals surface area contributed by atoms with Crippen molar-refractivity contribution in [1.82, 2.24) is 5.32 Å². The van der Waals surface area contributed by atoms with Gasteiger partial charge < -0.3 is 5.32 Å². The molecule has 1 radical (unpaired) electrons. The smallest absolute Gasteiger partial charge is 0.149 e. The Balaban J connectivity index is 2.10. The average Bonchev–Trinajstić information content (AvgIpc) is 2.56. The number of unbranched alkanes of at least 4 members (excludes halogenated alkanes) is 2. The highest BCUT2D eigenvalue weighted by Crippen LogP contribution is 2.10. The largest absolute Gasteiger partial charge is 0.307 e. The summed E-state index contributed by atoms with van der Waals surface area (Å²) in [6, 6.07) is 0.176. The van der Waals surface area contributed by atoms with E-state index in [2.05, 4.69) is 12.2 Å². The van der Waals surface area contributed by atoms with Gasteiger partial charge in [0.1, 0.15) is 5.78 Å². The van der Waals surface area contributed by atoms with Crippen molar-refractivity contribution in [2.24, 2.45) is 0 Å². The molecule has 1 rings (SSSR count). The maximum atomic E-state index is 11.4. The van der Waals surface area contributed by atoms with Crippen molar-refractivity contribution in [3.63, 3.8) is 0 Å². The SMILES string of the molecule is [CH2]CCCCC(=O)C1CCCN1. The van der Waals surface area contributed by atoms with E-state index < -0.39 is 0 Å². The lowest BCUT2D eigenvalue weighted by molar-refractivity contribution is -0.120. The van der Waals surface area contributed by atoms with Gasteiger partial charge in [0.25, 0.3) is 0 Å². The van der Waals surface area contributed by atoms with E-state index in [0.717, 1.165) is 45.1 Å². The van der Waals surface area contributed by atoms with Crippen LogP contribution >= 0.6 is 0 Å². The number of nitrogens with one attached hydrogen (secondary N) is 1. The first-order valence-electron chi connectivity index (χ1n) is 4.90. The third-order valence-electron chi connectivity index (χ3n) is 2.37. The summed E-state index contributed by atoms with van der Waals surface area (Å²) in [7, 11) is 0. The van der Waals surface area contributed by atoms with E-state index in [1.165, 1.54) is 0 Å². The molecule has 0 aromatic rings. The van der Waals surface area contributed by atoms with E-state index >= 15 is 0 Å². The van der Waals surface area contributed by atoms with Gasteiger partial charge in [0, 0.05) is 6.42 Å². The van der Waals surface area contributed by atoms with Crippen molar-refractivity contribution in [3.05, 3.63) is 6.92 Å². The van der Waals surface area contributed by atoms with E-state index in [9.17, 15) is 4.79 Å². The van der Waals surface area contributed by atoms with Crippen LogP contribution in [0.5, 0.6) is 0 Å². The minimum atomic E-state index is 0.176. The maximum Gasteiger partial charge on any atom is 0.149 e. The Morgan fingerprint density at radius 2 is 2.33 bits per heavy atom. The first-order valence-corrected chi connectivity index (χ1v) is 4.90. The van der Waals surface area contributed by atoms with E-state index in [4.69, 9.17) is 0 Å².